The number of fused-ring (bicyclic) bond motifs is 1. The summed E-state index contributed by atoms with van der Waals surface area (Å²) in [6.45, 7) is 3.47. The molecule has 2 aliphatic rings. The zero-order chi connectivity index (χ0) is 54.3. The minimum atomic E-state index is -1.33. The number of benzene rings is 2. The van der Waals surface area contributed by atoms with E-state index in [9.17, 15) is 43.2 Å². The molecule has 22 nitrogen and oxygen atoms in total. The largest absolute Gasteiger partial charge is 0.370 e. The molecule has 1 saturated heterocycles. The summed E-state index contributed by atoms with van der Waals surface area (Å²) < 4.78 is 0. The van der Waals surface area contributed by atoms with Crippen LogP contribution in [0.1, 0.15) is 121 Å². The number of hydrogen-bond donors (Lipinski definition) is 12. The Morgan fingerprint density at radius 3 is 2.07 bits per heavy atom. The molecule has 0 spiro atoms. The lowest BCUT2D eigenvalue weighted by Crippen LogP contribution is -2.61. The summed E-state index contributed by atoms with van der Waals surface area (Å²) in [4.78, 5) is 133. The highest BCUT2D eigenvalue weighted by Crippen LogP contribution is 2.27. The molecule has 15 N–H and O–H groups in total. The summed E-state index contributed by atoms with van der Waals surface area (Å²) in [6, 6.07) is 7.71. The molecule has 408 valence electrons. The van der Waals surface area contributed by atoms with Gasteiger partial charge in [-0.3, -0.25) is 48.1 Å². The molecule has 3 aromatic rings. The summed E-state index contributed by atoms with van der Waals surface area (Å²) in [7, 11) is 0. The Hall–Kier alpha value is -7.52. The van der Waals surface area contributed by atoms with Gasteiger partial charge in [0.15, 0.2) is 5.96 Å². The molecule has 1 saturated carbocycles. The van der Waals surface area contributed by atoms with Gasteiger partial charge in [-0.1, -0.05) is 87.6 Å². The molecule has 1 aromatic heterocycles. The van der Waals surface area contributed by atoms with Gasteiger partial charge in [0.25, 0.3) is 0 Å². The van der Waals surface area contributed by atoms with Crippen molar-refractivity contribution in [3.05, 3.63) is 71.9 Å². The maximum atomic E-state index is 14.9. The van der Waals surface area contributed by atoms with Gasteiger partial charge in [-0.2, -0.15) is 0 Å². The number of rotatable bonds is 16. The molecular formula is C53H77N13O9. The van der Waals surface area contributed by atoms with Gasteiger partial charge in [-0.25, -0.2) is 0 Å². The molecular weight excluding hydrogens is 963 g/mol. The lowest BCUT2D eigenvalue weighted by molar-refractivity contribution is -0.136. The fraction of sp³-hybridized carbons (Fsp3) is 0.547. The number of carbonyl (C=O) groups is 9. The second-order valence-corrected chi connectivity index (χ2v) is 19.6. The normalized spacial score (nSPS) is 22.9. The third-order valence-corrected chi connectivity index (χ3v) is 13.7. The molecule has 2 aromatic carbocycles. The first-order valence-electron chi connectivity index (χ1n) is 26.3. The Balaban J connectivity index is 1.54. The van der Waals surface area contributed by atoms with Gasteiger partial charge in [-0.05, 0) is 80.9 Å². The van der Waals surface area contributed by atoms with Gasteiger partial charge in [0.1, 0.15) is 42.3 Å². The fourth-order valence-corrected chi connectivity index (χ4v) is 9.57. The van der Waals surface area contributed by atoms with Gasteiger partial charge >= 0.3 is 0 Å². The first-order valence-corrected chi connectivity index (χ1v) is 26.3. The quantitative estimate of drug-likeness (QED) is 0.0540. The molecule has 9 amide bonds. The first kappa shape index (κ1) is 58.4. The summed E-state index contributed by atoms with van der Waals surface area (Å²) in [6.07, 6.45) is 7.44. The molecule has 75 heavy (non-hydrogen) atoms. The number of amides is 9. The number of para-hydroxylation sites is 1. The zero-order valence-electron chi connectivity index (χ0n) is 43.2. The van der Waals surface area contributed by atoms with Crippen molar-refractivity contribution in [3.8, 4) is 0 Å². The minimum absolute atomic E-state index is 0.0165. The number of unbranched alkanes of at least 4 members (excludes halogenated alkanes) is 1. The number of carbonyl (C=O) groups excluding carboxylic acids is 9. The van der Waals surface area contributed by atoms with Crippen molar-refractivity contribution < 1.29 is 43.2 Å². The van der Waals surface area contributed by atoms with Crippen LogP contribution in [0.4, 0.5) is 0 Å². The molecule has 0 bridgehead atoms. The number of nitrogens with two attached hydrogens (primary N) is 3. The monoisotopic (exact) mass is 1040 g/mol. The van der Waals surface area contributed by atoms with E-state index in [1.165, 1.54) is 6.92 Å². The highest BCUT2D eigenvalue weighted by Gasteiger charge is 2.37. The predicted octanol–water partition coefficient (Wildman–Crippen LogP) is 0.756. The fourth-order valence-electron chi connectivity index (χ4n) is 9.57. The lowest BCUT2D eigenvalue weighted by atomic mass is 9.83. The van der Waals surface area contributed by atoms with Crippen LogP contribution in [0.25, 0.3) is 10.9 Å². The van der Waals surface area contributed by atoms with Crippen LogP contribution >= 0.6 is 0 Å². The second kappa shape index (κ2) is 30.0. The summed E-state index contributed by atoms with van der Waals surface area (Å²) in [5.41, 5.74) is 19.2. The molecule has 7 atom stereocenters. The number of nitrogens with one attached hydrogen (secondary N) is 9. The van der Waals surface area contributed by atoms with Crippen molar-refractivity contribution in [2.24, 2.45) is 28.1 Å². The smallest absolute Gasteiger partial charge is 0.243 e. The van der Waals surface area contributed by atoms with E-state index in [-0.39, 0.29) is 69.9 Å². The highest BCUT2D eigenvalue weighted by atomic mass is 16.2. The van der Waals surface area contributed by atoms with Crippen LogP contribution in [0.3, 0.4) is 0 Å². The Morgan fingerprint density at radius 1 is 0.707 bits per heavy atom. The van der Waals surface area contributed by atoms with Gasteiger partial charge in [0.2, 0.25) is 53.2 Å². The van der Waals surface area contributed by atoms with Crippen LogP contribution in [0.5, 0.6) is 0 Å². The average Bonchev–Trinajstić information content (AvgIpc) is 3.80. The SMILES string of the molecule is CCCC[C@H](NC(C)=O)C(=O)N[C@H]1CCC(=O)NCCCC[C@@H](C(N)=O)NC(=O)[C@H](Cc2c[nH]c3ccccc23)NC(=O)[C@H](CCCN=C(N)N)NC(=O)[C@@H](Cc2ccccc2)NC(=O)[C@H](C2CCCCC2)NC1=O. The standard InChI is InChI=1S/C53H77N13O9/c1-3-4-21-39(60-32(2)67)47(70)63-41-25-26-44(68)57-27-14-13-23-38(46(54)69)61-51(74)43(30-35-31-59-37-22-12-11-20-36(35)37)64-48(71)40(24-15-28-58-53(55)56)62-50(73)42(29-33-16-7-5-8-17-33)65-52(75)45(66-49(41)72)34-18-9-6-10-19-34/h5,7-8,11-12,16-17,20,22,31,34,38-43,45,59H,3-4,6,9-10,13-15,18-19,21,23-30H2,1-2H3,(H2,54,69)(H,57,68)(H,60,67)(H,61,74)(H,62,73)(H,63,70)(H,64,71)(H,65,75)(H,66,72)(H4,55,56,58)/t38-,39-,40-,41-,42+,43-,45-/m0/s1. The average molecular weight is 1040 g/mol. The van der Waals surface area contributed by atoms with E-state index in [0.717, 1.165) is 36.6 Å². The van der Waals surface area contributed by atoms with Gasteiger partial charge in [-0.15, -0.1) is 0 Å². The molecule has 2 fully saturated rings. The Bertz CT molecular complexity index is 2460. The van der Waals surface area contributed by atoms with Crippen LogP contribution in [0, 0.1) is 5.92 Å². The molecule has 1 aliphatic carbocycles. The maximum absolute atomic E-state index is 14.9. The number of aliphatic imine (C=N–C) groups is 1. The van der Waals surface area contributed by atoms with E-state index in [1.807, 2.05) is 31.2 Å². The lowest BCUT2D eigenvalue weighted by Gasteiger charge is -2.33. The molecule has 0 radical (unpaired) electrons. The zero-order valence-corrected chi connectivity index (χ0v) is 43.2. The van der Waals surface area contributed by atoms with Gasteiger partial charge < -0.3 is 64.7 Å². The Kier molecular flexibility index (Phi) is 23.3. The third-order valence-electron chi connectivity index (χ3n) is 13.7. The van der Waals surface area contributed by atoms with E-state index < -0.39 is 95.5 Å². The highest BCUT2D eigenvalue weighted by molar-refractivity contribution is 5.98. The van der Waals surface area contributed by atoms with Gasteiger partial charge in [0, 0.05) is 56.4 Å². The number of hydrogen-bond acceptors (Lipinski definition) is 10. The van der Waals surface area contributed by atoms with Crippen LogP contribution in [-0.2, 0) is 56.0 Å². The summed E-state index contributed by atoms with van der Waals surface area (Å²) in [5.74, 6) is -6.55. The number of nitrogens with zero attached hydrogens (tertiary/aromatic N) is 1. The minimum Gasteiger partial charge on any atom is -0.370 e. The van der Waals surface area contributed by atoms with Crippen LogP contribution < -0.4 is 59.7 Å². The summed E-state index contributed by atoms with van der Waals surface area (Å²) in [5, 5.41) is 23.2. The molecule has 0 unspecified atom stereocenters. The summed E-state index contributed by atoms with van der Waals surface area (Å²) >= 11 is 0. The van der Waals surface area contributed by atoms with E-state index in [4.69, 9.17) is 17.2 Å². The number of aromatic nitrogens is 1. The van der Waals surface area contributed by atoms with Crippen LogP contribution in [0.2, 0.25) is 0 Å². The number of guanidine groups is 1. The molecule has 2 heterocycles. The van der Waals surface area contributed by atoms with Crippen LogP contribution in [0.15, 0.2) is 65.8 Å². The third kappa shape index (κ3) is 19.0. The van der Waals surface area contributed by atoms with Gasteiger partial charge in [0.05, 0.1) is 0 Å². The maximum Gasteiger partial charge on any atom is 0.243 e. The van der Waals surface area contributed by atoms with Crippen molar-refractivity contribution in [3.63, 3.8) is 0 Å². The van der Waals surface area contributed by atoms with Crippen molar-refractivity contribution in [1.29, 1.82) is 0 Å². The van der Waals surface area contributed by atoms with Crippen molar-refractivity contribution in [1.82, 2.24) is 47.5 Å². The second-order valence-electron chi connectivity index (χ2n) is 19.6. The van der Waals surface area contributed by atoms with E-state index >= 15 is 0 Å². The van der Waals surface area contributed by atoms with E-state index in [1.54, 1.807) is 36.5 Å². The Labute approximate surface area is 437 Å². The first-order chi connectivity index (χ1) is 36.0. The molecule has 5 rings (SSSR count). The van der Waals surface area contributed by atoms with Crippen molar-refractivity contribution in [2.45, 2.75) is 165 Å². The number of primary amides is 1. The van der Waals surface area contributed by atoms with Crippen LogP contribution in [-0.4, -0.2) is 119 Å². The molecule has 22 heteroatoms. The predicted molar refractivity (Wildman–Crippen MR) is 283 cm³/mol. The van der Waals surface area contributed by atoms with Crippen molar-refractivity contribution in [2.75, 3.05) is 13.1 Å². The number of H-pyrrole nitrogens is 1. The van der Waals surface area contributed by atoms with E-state index in [2.05, 4.69) is 52.5 Å². The van der Waals surface area contributed by atoms with E-state index in [0.29, 0.717) is 49.7 Å². The molecule has 1 aliphatic heterocycles. The number of aromatic amines is 1. The Morgan fingerprint density at radius 2 is 1.36 bits per heavy atom. The topological polar surface area (TPSA) is 356 Å². The van der Waals surface area contributed by atoms with Crippen molar-refractivity contribution >= 4 is 70.0 Å².